The average Bonchev–Trinajstić information content (AvgIpc) is 3.24. The van der Waals surface area contributed by atoms with Crippen LogP contribution in [0.5, 0.6) is 0 Å². The van der Waals surface area contributed by atoms with E-state index in [9.17, 15) is 9.59 Å². The summed E-state index contributed by atoms with van der Waals surface area (Å²) in [6.45, 7) is 4.74. The first-order valence-corrected chi connectivity index (χ1v) is 8.53. The fraction of sp³-hybridized carbons (Fsp3) is 0.875. The molecule has 2 heterocycles. The summed E-state index contributed by atoms with van der Waals surface area (Å²) in [5.41, 5.74) is 3.04. The minimum atomic E-state index is -0.249. The molecule has 1 N–H and O–H groups in total. The molecule has 2 amide bonds. The molecule has 5 nitrogen and oxygen atoms in total. The van der Waals surface area contributed by atoms with Crippen LogP contribution < -0.4 is 5.43 Å². The van der Waals surface area contributed by atoms with Gasteiger partial charge in [-0.05, 0) is 44.4 Å². The fourth-order valence-corrected chi connectivity index (χ4v) is 3.58. The quantitative estimate of drug-likeness (QED) is 0.859. The molecule has 1 aliphatic carbocycles. The van der Waals surface area contributed by atoms with E-state index in [0.717, 1.165) is 58.2 Å². The predicted molar refractivity (Wildman–Crippen MR) is 80.2 cm³/mol. The molecule has 3 unspecified atom stereocenters. The van der Waals surface area contributed by atoms with E-state index in [4.69, 9.17) is 0 Å². The van der Waals surface area contributed by atoms with Crippen molar-refractivity contribution in [1.82, 2.24) is 15.3 Å². The summed E-state index contributed by atoms with van der Waals surface area (Å²) in [5, 5.41) is 2.03. The molecule has 3 rings (SSSR count). The number of carbonyl (C=O) groups excluding carboxylic acids is 2. The lowest BCUT2D eigenvalue weighted by Crippen LogP contribution is -2.56. The van der Waals surface area contributed by atoms with Crippen LogP contribution in [0.25, 0.3) is 0 Å². The molecule has 5 heteroatoms. The molecular weight excluding hydrogens is 266 g/mol. The zero-order valence-corrected chi connectivity index (χ0v) is 13.0. The van der Waals surface area contributed by atoms with Gasteiger partial charge in [-0.2, -0.15) is 0 Å². The van der Waals surface area contributed by atoms with Gasteiger partial charge >= 0.3 is 0 Å². The fourth-order valence-electron chi connectivity index (χ4n) is 3.58. The molecule has 3 atom stereocenters. The van der Waals surface area contributed by atoms with Crippen LogP contribution in [0.1, 0.15) is 51.9 Å². The Kier molecular flexibility index (Phi) is 4.48. The van der Waals surface area contributed by atoms with Crippen LogP contribution in [0.4, 0.5) is 0 Å². The van der Waals surface area contributed by atoms with Crippen molar-refractivity contribution in [2.75, 3.05) is 19.6 Å². The van der Waals surface area contributed by atoms with Gasteiger partial charge in [0.15, 0.2) is 0 Å². The van der Waals surface area contributed by atoms with Crippen LogP contribution in [0.3, 0.4) is 0 Å². The maximum Gasteiger partial charge on any atom is 0.257 e. The number of amides is 2. The largest absolute Gasteiger partial charge is 0.330 e. The Morgan fingerprint density at radius 1 is 1.00 bits per heavy atom. The van der Waals surface area contributed by atoms with Gasteiger partial charge in [0.25, 0.3) is 5.91 Å². The van der Waals surface area contributed by atoms with E-state index < -0.39 is 0 Å². The summed E-state index contributed by atoms with van der Waals surface area (Å²) in [4.78, 5) is 26.9. The van der Waals surface area contributed by atoms with Gasteiger partial charge in [-0.25, -0.2) is 5.01 Å². The number of carbonyl (C=O) groups is 2. The van der Waals surface area contributed by atoms with E-state index in [-0.39, 0.29) is 23.8 Å². The molecule has 1 saturated carbocycles. The summed E-state index contributed by atoms with van der Waals surface area (Å²) in [7, 11) is 0. The maximum atomic E-state index is 12.6. The van der Waals surface area contributed by atoms with Crippen LogP contribution >= 0.6 is 0 Å². The highest BCUT2D eigenvalue weighted by Crippen LogP contribution is 2.40. The molecule has 2 aliphatic heterocycles. The topological polar surface area (TPSA) is 52.7 Å². The van der Waals surface area contributed by atoms with Crippen molar-refractivity contribution < 1.29 is 9.59 Å². The van der Waals surface area contributed by atoms with Gasteiger partial charge in [0.1, 0.15) is 6.04 Å². The second-order valence-corrected chi connectivity index (χ2v) is 6.89. The summed E-state index contributed by atoms with van der Waals surface area (Å²) in [6.07, 6.45) is 7.42. The zero-order chi connectivity index (χ0) is 14.8. The van der Waals surface area contributed by atoms with Gasteiger partial charge in [-0.3, -0.25) is 15.0 Å². The molecule has 0 radical (unpaired) electrons. The van der Waals surface area contributed by atoms with Gasteiger partial charge in [0.2, 0.25) is 5.91 Å². The minimum absolute atomic E-state index is 0.0262. The number of hydrogen-bond acceptors (Lipinski definition) is 3. The molecule has 0 aromatic heterocycles. The SMILES string of the molecule is CC1CC1C(=O)N1CCCCC1C(=O)NN1CCCCC1. The van der Waals surface area contributed by atoms with Crippen LogP contribution in [0.2, 0.25) is 0 Å². The minimum Gasteiger partial charge on any atom is -0.330 e. The first-order valence-electron chi connectivity index (χ1n) is 8.53. The van der Waals surface area contributed by atoms with E-state index in [1.54, 1.807) is 0 Å². The number of hydrazine groups is 1. The number of hydrogen-bond donors (Lipinski definition) is 1. The Balaban J connectivity index is 1.60. The third-order valence-electron chi connectivity index (χ3n) is 5.14. The number of piperidine rings is 2. The number of rotatable bonds is 3. The lowest BCUT2D eigenvalue weighted by molar-refractivity contribution is -0.145. The van der Waals surface area contributed by atoms with Gasteiger partial charge in [0, 0.05) is 25.6 Å². The first kappa shape index (κ1) is 14.8. The van der Waals surface area contributed by atoms with E-state index in [2.05, 4.69) is 12.3 Å². The highest BCUT2D eigenvalue weighted by Gasteiger charge is 2.44. The Labute approximate surface area is 127 Å². The van der Waals surface area contributed by atoms with Gasteiger partial charge < -0.3 is 4.90 Å². The van der Waals surface area contributed by atoms with Gasteiger partial charge in [-0.15, -0.1) is 0 Å². The molecule has 0 spiro atoms. The molecule has 3 aliphatic rings. The summed E-state index contributed by atoms with van der Waals surface area (Å²) >= 11 is 0. The molecule has 2 saturated heterocycles. The van der Waals surface area contributed by atoms with E-state index in [0.29, 0.717) is 5.92 Å². The third-order valence-corrected chi connectivity index (χ3v) is 5.14. The molecule has 0 aromatic carbocycles. The molecule has 118 valence electrons. The second kappa shape index (κ2) is 6.34. The van der Waals surface area contributed by atoms with Crippen LogP contribution in [-0.2, 0) is 9.59 Å². The molecule has 0 aromatic rings. The van der Waals surface area contributed by atoms with Crippen molar-refractivity contribution in [2.45, 2.75) is 57.9 Å². The van der Waals surface area contributed by atoms with Crippen molar-refractivity contribution in [3.8, 4) is 0 Å². The Bertz CT molecular complexity index is 406. The molecule has 21 heavy (non-hydrogen) atoms. The Morgan fingerprint density at radius 2 is 1.67 bits per heavy atom. The van der Waals surface area contributed by atoms with Crippen LogP contribution in [-0.4, -0.2) is 47.4 Å². The second-order valence-electron chi connectivity index (χ2n) is 6.89. The zero-order valence-electron chi connectivity index (χ0n) is 13.0. The van der Waals surface area contributed by atoms with Gasteiger partial charge in [-0.1, -0.05) is 13.3 Å². The van der Waals surface area contributed by atoms with E-state index in [1.807, 2.05) is 9.91 Å². The lowest BCUT2D eigenvalue weighted by atomic mass is 10.0. The highest BCUT2D eigenvalue weighted by molar-refractivity contribution is 5.89. The molecule has 0 bridgehead atoms. The molecular formula is C16H27N3O2. The van der Waals surface area contributed by atoms with E-state index >= 15 is 0 Å². The van der Waals surface area contributed by atoms with E-state index in [1.165, 1.54) is 6.42 Å². The van der Waals surface area contributed by atoms with Crippen molar-refractivity contribution >= 4 is 11.8 Å². The highest BCUT2D eigenvalue weighted by atomic mass is 16.2. The van der Waals surface area contributed by atoms with Crippen molar-refractivity contribution in [1.29, 1.82) is 0 Å². The number of nitrogens with zero attached hydrogens (tertiary/aromatic N) is 2. The van der Waals surface area contributed by atoms with Crippen molar-refractivity contribution in [3.63, 3.8) is 0 Å². The lowest BCUT2D eigenvalue weighted by Gasteiger charge is -2.37. The summed E-state index contributed by atoms with van der Waals surface area (Å²) < 4.78 is 0. The monoisotopic (exact) mass is 293 g/mol. The van der Waals surface area contributed by atoms with Crippen molar-refractivity contribution in [2.24, 2.45) is 11.8 Å². The Morgan fingerprint density at radius 3 is 2.33 bits per heavy atom. The summed E-state index contributed by atoms with van der Waals surface area (Å²) in [6, 6.07) is -0.249. The average molecular weight is 293 g/mol. The number of nitrogens with one attached hydrogen (secondary N) is 1. The van der Waals surface area contributed by atoms with Crippen molar-refractivity contribution in [3.05, 3.63) is 0 Å². The standard InChI is InChI=1S/C16H27N3O2/c1-12-11-13(12)16(21)19-10-6-3-7-14(19)15(20)17-18-8-4-2-5-9-18/h12-14H,2-11H2,1H3,(H,17,20). The molecule has 3 fully saturated rings. The maximum absolute atomic E-state index is 12.6. The normalized spacial score (nSPS) is 33.6. The first-order chi connectivity index (χ1) is 10.2. The van der Waals surface area contributed by atoms with Crippen LogP contribution in [0.15, 0.2) is 0 Å². The number of likely N-dealkylation sites (tertiary alicyclic amines) is 1. The Hall–Kier alpha value is -1.10. The van der Waals surface area contributed by atoms with Gasteiger partial charge in [0.05, 0.1) is 0 Å². The smallest absolute Gasteiger partial charge is 0.257 e. The summed E-state index contributed by atoms with van der Waals surface area (Å²) in [5.74, 6) is 0.915. The van der Waals surface area contributed by atoms with Crippen LogP contribution in [0, 0.1) is 11.8 Å². The third kappa shape index (κ3) is 3.39. The predicted octanol–water partition coefficient (Wildman–Crippen LogP) is 1.54.